The van der Waals surface area contributed by atoms with Crippen LogP contribution in [0.5, 0.6) is 5.88 Å². The first-order chi connectivity index (χ1) is 7.99. The van der Waals surface area contributed by atoms with Gasteiger partial charge in [0.2, 0.25) is 11.8 Å². The molecule has 1 aromatic rings. The second-order valence-electron chi connectivity index (χ2n) is 4.12. The summed E-state index contributed by atoms with van der Waals surface area (Å²) in [5.41, 5.74) is 11.2. The minimum atomic E-state index is -0.451. The molecule has 6 nitrogen and oxygen atoms in total. The van der Waals surface area contributed by atoms with Crippen LogP contribution in [0, 0.1) is 5.92 Å². The SMILES string of the molecule is CC(C)COc1nc(NCC(N)=O)ccc1N. The van der Waals surface area contributed by atoms with Gasteiger partial charge in [0, 0.05) is 0 Å². The van der Waals surface area contributed by atoms with E-state index in [-0.39, 0.29) is 6.54 Å². The lowest BCUT2D eigenvalue weighted by Gasteiger charge is -2.11. The zero-order chi connectivity index (χ0) is 12.8. The second kappa shape index (κ2) is 5.93. The molecule has 0 radical (unpaired) electrons. The number of carbonyl (C=O) groups excluding carboxylic acids is 1. The van der Waals surface area contributed by atoms with Gasteiger partial charge in [0.05, 0.1) is 18.8 Å². The van der Waals surface area contributed by atoms with Crippen LogP contribution < -0.4 is 21.5 Å². The summed E-state index contributed by atoms with van der Waals surface area (Å²) in [4.78, 5) is 14.8. The molecular weight excluding hydrogens is 220 g/mol. The Morgan fingerprint density at radius 2 is 2.24 bits per heavy atom. The number of amides is 1. The Morgan fingerprint density at radius 3 is 2.82 bits per heavy atom. The van der Waals surface area contributed by atoms with Crippen molar-refractivity contribution in [2.45, 2.75) is 13.8 Å². The predicted octanol–water partition coefficient (Wildman–Crippen LogP) is 0.596. The van der Waals surface area contributed by atoms with E-state index < -0.39 is 5.91 Å². The number of rotatable bonds is 6. The smallest absolute Gasteiger partial charge is 0.239 e. The van der Waals surface area contributed by atoms with Crippen molar-refractivity contribution in [3.8, 4) is 5.88 Å². The average molecular weight is 238 g/mol. The zero-order valence-electron chi connectivity index (χ0n) is 10.1. The topological polar surface area (TPSA) is 103 Å². The third-order valence-corrected chi connectivity index (χ3v) is 1.89. The van der Waals surface area contributed by atoms with Gasteiger partial charge in [-0.1, -0.05) is 13.8 Å². The summed E-state index contributed by atoms with van der Waals surface area (Å²) in [6, 6.07) is 3.34. The number of nitrogens with zero attached hydrogens (tertiary/aromatic N) is 1. The van der Waals surface area contributed by atoms with Crippen molar-refractivity contribution in [3.63, 3.8) is 0 Å². The summed E-state index contributed by atoms with van der Waals surface area (Å²) in [5.74, 6) is 0.816. The number of carbonyl (C=O) groups is 1. The van der Waals surface area contributed by atoms with Gasteiger partial charge in [-0.25, -0.2) is 0 Å². The van der Waals surface area contributed by atoms with Crippen molar-refractivity contribution in [2.24, 2.45) is 11.7 Å². The van der Waals surface area contributed by atoms with Crippen molar-refractivity contribution in [1.29, 1.82) is 0 Å². The molecule has 0 fully saturated rings. The quantitative estimate of drug-likeness (QED) is 0.673. The fraction of sp³-hybridized carbons (Fsp3) is 0.455. The maximum Gasteiger partial charge on any atom is 0.239 e. The Kier molecular flexibility index (Phi) is 4.56. The fourth-order valence-electron chi connectivity index (χ4n) is 1.09. The molecule has 0 aliphatic heterocycles. The third-order valence-electron chi connectivity index (χ3n) is 1.89. The first kappa shape index (κ1) is 13.1. The van der Waals surface area contributed by atoms with Gasteiger partial charge in [0.1, 0.15) is 5.82 Å². The first-order valence-electron chi connectivity index (χ1n) is 5.40. The Balaban J connectivity index is 2.68. The molecule has 0 unspecified atom stereocenters. The molecule has 94 valence electrons. The Morgan fingerprint density at radius 1 is 1.53 bits per heavy atom. The van der Waals surface area contributed by atoms with E-state index in [0.717, 1.165) is 0 Å². The molecule has 1 rings (SSSR count). The summed E-state index contributed by atoms with van der Waals surface area (Å²) < 4.78 is 5.45. The van der Waals surface area contributed by atoms with Gasteiger partial charge in [-0.2, -0.15) is 4.98 Å². The highest BCUT2D eigenvalue weighted by Crippen LogP contribution is 2.21. The number of nitrogen functional groups attached to an aromatic ring is 1. The van der Waals surface area contributed by atoms with E-state index in [1.807, 2.05) is 13.8 Å². The third kappa shape index (κ3) is 4.58. The van der Waals surface area contributed by atoms with E-state index in [4.69, 9.17) is 16.2 Å². The highest BCUT2D eigenvalue weighted by Gasteiger charge is 2.06. The van der Waals surface area contributed by atoms with E-state index in [0.29, 0.717) is 29.9 Å². The summed E-state index contributed by atoms with van der Waals surface area (Å²) in [5, 5.41) is 2.78. The summed E-state index contributed by atoms with van der Waals surface area (Å²) in [7, 11) is 0. The summed E-state index contributed by atoms with van der Waals surface area (Å²) in [6.45, 7) is 4.63. The van der Waals surface area contributed by atoms with E-state index in [1.54, 1.807) is 12.1 Å². The van der Waals surface area contributed by atoms with Crippen LogP contribution in [0.15, 0.2) is 12.1 Å². The molecule has 0 aromatic carbocycles. The summed E-state index contributed by atoms with van der Waals surface area (Å²) >= 11 is 0. The van der Waals surface area contributed by atoms with E-state index in [1.165, 1.54) is 0 Å². The number of nitrogens with one attached hydrogen (secondary N) is 1. The van der Waals surface area contributed by atoms with Crippen LogP contribution in [0.1, 0.15) is 13.8 Å². The van der Waals surface area contributed by atoms with Crippen molar-refractivity contribution in [1.82, 2.24) is 4.98 Å². The van der Waals surface area contributed by atoms with Crippen molar-refractivity contribution >= 4 is 17.4 Å². The van der Waals surface area contributed by atoms with Crippen LogP contribution >= 0.6 is 0 Å². The van der Waals surface area contributed by atoms with Gasteiger partial charge in [0.15, 0.2) is 0 Å². The number of nitrogens with two attached hydrogens (primary N) is 2. The Hall–Kier alpha value is -1.98. The van der Waals surface area contributed by atoms with Gasteiger partial charge in [-0.15, -0.1) is 0 Å². The number of ether oxygens (including phenoxy) is 1. The zero-order valence-corrected chi connectivity index (χ0v) is 10.1. The number of aromatic nitrogens is 1. The maximum absolute atomic E-state index is 10.6. The van der Waals surface area contributed by atoms with E-state index in [9.17, 15) is 4.79 Å². The minimum Gasteiger partial charge on any atom is -0.476 e. The highest BCUT2D eigenvalue weighted by molar-refractivity contribution is 5.78. The molecular formula is C11H18N4O2. The number of anilines is 2. The molecule has 6 heteroatoms. The average Bonchev–Trinajstić information content (AvgIpc) is 2.26. The molecule has 17 heavy (non-hydrogen) atoms. The van der Waals surface area contributed by atoms with Crippen molar-refractivity contribution < 1.29 is 9.53 Å². The highest BCUT2D eigenvalue weighted by atomic mass is 16.5. The van der Waals surface area contributed by atoms with Gasteiger partial charge in [-0.3, -0.25) is 4.79 Å². The molecule has 0 saturated heterocycles. The monoisotopic (exact) mass is 238 g/mol. The first-order valence-corrected chi connectivity index (χ1v) is 5.40. The molecule has 0 spiro atoms. The Labute approximate surface area is 100 Å². The fourth-order valence-corrected chi connectivity index (χ4v) is 1.09. The summed E-state index contributed by atoms with van der Waals surface area (Å²) in [6.07, 6.45) is 0. The lowest BCUT2D eigenvalue weighted by Crippen LogP contribution is -2.22. The predicted molar refractivity (Wildman–Crippen MR) is 66.7 cm³/mol. The number of hydrogen-bond acceptors (Lipinski definition) is 5. The standard InChI is InChI=1S/C11H18N4O2/c1-7(2)6-17-11-8(12)3-4-10(15-11)14-5-9(13)16/h3-4,7H,5-6,12H2,1-2H3,(H2,13,16)(H,14,15). The molecule has 0 aliphatic carbocycles. The van der Waals surface area contributed by atoms with Crippen LogP contribution in [-0.4, -0.2) is 24.0 Å². The molecule has 0 saturated carbocycles. The lowest BCUT2D eigenvalue weighted by molar-refractivity contribution is -0.116. The molecule has 1 amide bonds. The van der Waals surface area contributed by atoms with Crippen LogP contribution in [0.2, 0.25) is 0 Å². The van der Waals surface area contributed by atoms with Gasteiger partial charge in [0.25, 0.3) is 0 Å². The minimum absolute atomic E-state index is 0.0283. The number of pyridine rings is 1. The van der Waals surface area contributed by atoms with Crippen LogP contribution in [-0.2, 0) is 4.79 Å². The molecule has 0 aliphatic rings. The van der Waals surface area contributed by atoms with E-state index >= 15 is 0 Å². The van der Waals surface area contributed by atoms with Crippen molar-refractivity contribution in [3.05, 3.63) is 12.1 Å². The van der Waals surface area contributed by atoms with Crippen LogP contribution in [0.25, 0.3) is 0 Å². The molecule has 1 heterocycles. The lowest BCUT2D eigenvalue weighted by atomic mass is 10.2. The van der Waals surface area contributed by atoms with Gasteiger partial charge < -0.3 is 21.5 Å². The van der Waals surface area contributed by atoms with Gasteiger partial charge >= 0.3 is 0 Å². The van der Waals surface area contributed by atoms with Gasteiger partial charge in [-0.05, 0) is 18.1 Å². The molecule has 0 atom stereocenters. The largest absolute Gasteiger partial charge is 0.476 e. The van der Waals surface area contributed by atoms with E-state index in [2.05, 4.69) is 10.3 Å². The molecule has 0 bridgehead atoms. The number of primary amides is 1. The normalized spacial score (nSPS) is 10.3. The van der Waals surface area contributed by atoms with Crippen LogP contribution in [0.3, 0.4) is 0 Å². The van der Waals surface area contributed by atoms with Crippen molar-refractivity contribution in [2.75, 3.05) is 24.2 Å². The molecule has 5 N–H and O–H groups in total. The Bertz CT molecular complexity index is 393. The number of hydrogen-bond donors (Lipinski definition) is 3. The molecule has 1 aromatic heterocycles. The van der Waals surface area contributed by atoms with Crippen LogP contribution in [0.4, 0.5) is 11.5 Å². The maximum atomic E-state index is 10.6. The second-order valence-corrected chi connectivity index (χ2v) is 4.12.